The van der Waals surface area contributed by atoms with Gasteiger partial charge in [0, 0.05) is 5.92 Å². The van der Waals surface area contributed by atoms with Gasteiger partial charge in [-0.05, 0) is 30.4 Å². The second-order valence-corrected chi connectivity index (χ2v) is 3.86. The van der Waals surface area contributed by atoms with Gasteiger partial charge in [0.15, 0.2) is 0 Å². The van der Waals surface area contributed by atoms with E-state index in [0.717, 1.165) is 0 Å². The van der Waals surface area contributed by atoms with Gasteiger partial charge in [-0.15, -0.1) is 0 Å². The molecule has 0 heterocycles. The highest BCUT2D eigenvalue weighted by atomic mass is 14.2. The Morgan fingerprint density at radius 1 is 1.21 bits per heavy atom. The quantitative estimate of drug-likeness (QED) is 0.608. The number of hydrogen-bond acceptors (Lipinski definition) is 0. The van der Waals surface area contributed by atoms with E-state index in [0.29, 0.717) is 5.92 Å². The molecule has 72 valence electrons. The Hall–Kier alpha value is -1.30. The van der Waals surface area contributed by atoms with Gasteiger partial charge >= 0.3 is 0 Å². The molecule has 0 amide bonds. The molecule has 0 radical (unpaired) electrons. The fraction of sp³-hybridized carbons (Fsp3) is 0.286. The molecule has 0 bridgehead atoms. The molecular formula is C14H16. The van der Waals surface area contributed by atoms with Crippen LogP contribution in [-0.2, 0) is 0 Å². The highest BCUT2D eigenvalue weighted by Crippen LogP contribution is 2.29. The van der Waals surface area contributed by atoms with Gasteiger partial charge in [0.05, 0.1) is 0 Å². The van der Waals surface area contributed by atoms with Gasteiger partial charge in [-0.2, -0.15) is 0 Å². The fourth-order valence-electron chi connectivity index (χ4n) is 1.97. The molecule has 1 aliphatic carbocycles. The van der Waals surface area contributed by atoms with Crippen molar-refractivity contribution in [2.75, 3.05) is 0 Å². The standard InChI is InChI=1S/C14H16/c1-12(13-8-4-2-5-9-13)14-10-6-3-7-11-14/h2,4-6,8-10,14H,1,3,7,11H2/t14-/m0/s1. The molecule has 0 heteroatoms. The average molecular weight is 184 g/mol. The Kier molecular flexibility index (Phi) is 2.83. The first-order valence-electron chi connectivity index (χ1n) is 5.29. The molecule has 1 aromatic rings. The Bertz CT molecular complexity index is 332. The second kappa shape index (κ2) is 4.28. The Balaban J connectivity index is 2.16. The van der Waals surface area contributed by atoms with Crippen molar-refractivity contribution >= 4 is 5.57 Å². The summed E-state index contributed by atoms with van der Waals surface area (Å²) < 4.78 is 0. The van der Waals surface area contributed by atoms with Gasteiger partial charge in [0.2, 0.25) is 0 Å². The van der Waals surface area contributed by atoms with Crippen LogP contribution in [0.25, 0.3) is 5.57 Å². The summed E-state index contributed by atoms with van der Waals surface area (Å²) in [5.74, 6) is 0.561. The minimum atomic E-state index is 0.561. The zero-order chi connectivity index (χ0) is 9.80. The van der Waals surface area contributed by atoms with Crippen LogP contribution in [0.3, 0.4) is 0 Å². The maximum absolute atomic E-state index is 4.20. The smallest absolute Gasteiger partial charge is 0.00181 e. The molecule has 0 N–H and O–H groups in total. The Labute approximate surface area is 86.0 Å². The molecule has 1 aliphatic rings. The van der Waals surface area contributed by atoms with Crippen molar-refractivity contribution in [3.05, 3.63) is 54.6 Å². The van der Waals surface area contributed by atoms with E-state index in [4.69, 9.17) is 0 Å². The minimum Gasteiger partial charge on any atom is -0.0946 e. The lowest BCUT2D eigenvalue weighted by atomic mass is 9.86. The molecule has 1 aromatic carbocycles. The first-order valence-corrected chi connectivity index (χ1v) is 5.29. The summed E-state index contributed by atoms with van der Waals surface area (Å²) in [6, 6.07) is 10.5. The Morgan fingerprint density at radius 3 is 2.64 bits per heavy atom. The van der Waals surface area contributed by atoms with E-state index in [9.17, 15) is 0 Å². The molecular weight excluding hydrogens is 168 g/mol. The van der Waals surface area contributed by atoms with Crippen LogP contribution in [0.1, 0.15) is 24.8 Å². The Morgan fingerprint density at radius 2 is 2.00 bits per heavy atom. The highest BCUT2D eigenvalue weighted by molar-refractivity contribution is 5.66. The third-order valence-corrected chi connectivity index (χ3v) is 2.85. The number of allylic oxidation sites excluding steroid dienone is 3. The molecule has 1 atom stereocenters. The van der Waals surface area contributed by atoms with Crippen molar-refractivity contribution in [3.63, 3.8) is 0 Å². The normalized spacial score (nSPS) is 20.7. The third-order valence-electron chi connectivity index (χ3n) is 2.85. The van der Waals surface area contributed by atoms with Gasteiger partial charge in [-0.25, -0.2) is 0 Å². The monoisotopic (exact) mass is 184 g/mol. The maximum Gasteiger partial charge on any atom is 0.00181 e. The van der Waals surface area contributed by atoms with Crippen LogP contribution in [0.15, 0.2) is 49.1 Å². The van der Waals surface area contributed by atoms with Crippen molar-refractivity contribution in [1.82, 2.24) is 0 Å². The lowest BCUT2D eigenvalue weighted by Crippen LogP contribution is -2.02. The van der Waals surface area contributed by atoms with Gasteiger partial charge in [0.1, 0.15) is 0 Å². The van der Waals surface area contributed by atoms with Crippen molar-refractivity contribution < 1.29 is 0 Å². The third kappa shape index (κ3) is 1.95. The molecule has 0 fully saturated rings. The summed E-state index contributed by atoms with van der Waals surface area (Å²) in [4.78, 5) is 0. The zero-order valence-electron chi connectivity index (χ0n) is 8.45. The van der Waals surface area contributed by atoms with Gasteiger partial charge in [-0.1, -0.05) is 49.1 Å². The summed E-state index contributed by atoms with van der Waals surface area (Å²) in [5.41, 5.74) is 2.55. The second-order valence-electron chi connectivity index (χ2n) is 3.86. The van der Waals surface area contributed by atoms with Gasteiger partial charge in [0.25, 0.3) is 0 Å². The molecule has 0 nitrogen and oxygen atoms in total. The summed E-state index contributed by atoms with van der Waals surface area (Å²) >= 11 is 0. The predicted molar refractivity (Wildman–Crippen MR) is 62.0 cm³/mol. The lowest BCUT2D eigenvalue weighted by Gasteiger charge is -2.19. The van der Waals surface area contributed by atoms with Gasteiger partial charge in [-0.3, -0.25) is 0 Å². The van der Waals surface area contributed by atoms with Crippen LogP contribution in [0.5, 0.6) is 0 Å². The van der Waals surface area contributed by atoms with E-state index in [-0.39, 0.29) is 0 Å². The topological polar surface area (TPSA) is 0 Å². The number of hydrogen-bond donors (Lipinski definition) is 0. The summed E-state index contributed by atoms with van der Waals surface area (Å²) in [5, 5.41) is 0. The van der Waals surface area contributed by atoms with Crippen molar-refractivity contribution in [3.8, 4) is 0 Å². The molecule has 0 spiro atoms. The molecule has 0 unspecified atom stereocenters. The minimum absolute atomic E-state index is 0.561. The van der Waals surface area contributed by atoms with Crippen molar-refractivity contribution in [2.24, 2.45) is 5.92 Å². The average Bonchev–Trinajstić information content (AvgIpc) is 2.30. The predicted octanol–water partition coefficient (Wildman–Crippen LogP) is 4.06. The molecule has 0 aliphatic heterocycles. The molecule has 14 heavy (non-hydrogen) atoms. The van der Waals surface area contributed by atoms with E-state index in [2.05, 4.69) is 43.0 Å². The zero-order valence-corrected chi connectivity index (χ0v) is 8.45. The molecule has 0 aromatic heterocycles. The fourth-order valence-corrected chi connectivity index (χ4v) is 1.97. The van der Waals surface area contributed by atoms with Crippen LogP contribution in [0.4, 0.5) is 0 Å². The van der Waals surface area contributed by atoms with Crippen LogP contribution >= 0.6 is 0 Å². The summed E-state index contributed by atoms with van der Waals surface area (Å²) in [6.45, 7) is 4.20. The van der Waals surface area contributed by atoms with Crippen LogP contribution in [0.2, 0.25) is 0 Å². The summed E-state index contributed by atoms with van der Waals surface area (Å²) in [6.07, 6.45) is 8.37. The maximum atomic E-state index is 4.20. The molecule has 0 saturated heterocycles. The van der Waals surface area contributed by atoms with E-state index in [1.807, 2.05) is 6.07 Å². The van der Waals surface area contributed by atoms with E-state index in [1.54, 1.807) is 0 Å². The highest BCUT2D eigenvalue weighted by Gasteiger charge is 2.12. The molecule has 0 saturated carbocycles. The van der Waals surface area contributed by atoms with E-state index >= 15 is 0 Å². The van der Waals surface area contributed by atoms with Gasteiger partial charge < -0.3 is 0 Å². The number of benzene rings is 1. The van der Waals surface area contributed by atoms with E-state index < -0.39 is 0 Å². The first-order chi connectivity index (χ1) is 6.88. The van der Waals surface area contributed by atoms with Crippen LogP contribution < -0.4 is 0 Å². The lowest BCUT2D eigenvalue weighted by molar-refractivity contribution is 0.643. The van der Waals surface area contributed by atoms with Crippen molar-refractivity contribution in [2.45, 2.75) is 19.3 Å². The van der Waals surface area contributed by atoms with E-state index in [1.165, 1.54) is 30.4 Å². The number of rotatable bonds is 2. The SMILES string of the molecule is C=C(c1ccccc1)[C@H]1C=CCCC1. The van der Waals surface area contributed by atoms with Crippen LogP contribution in [-0.4, -0.2) is 0 Å². The summed E-state index contributed by atoms with van der Waals surface area (Å²) in [7, 11) is 0. The largest absolute Gasteiger partial charge is 0.0946 e. The van der Waals surface area contributed by atoms with Crippen LogP contribution in [0, 0.1) is 5.92 Å². The first kappa shape index (κ1) is 9.26. The van der Waals surface area contributed by atoms with Crippen molar-refractivity contribution in [1.29, 1.82) is 0 Å². The molecule has 2 rings (SSSR count).